The molecule has 0 fully saturated rings. The summed E-state index contributed by atoms with van der Waals surface area (Å²) in [5.74, 6) is 0. The first-order chi connectivity index (χ1) is 4.51. The van der Waals surface area contributed by atoms with Crippen LogP contribution in [0.2, 0.25) is 0 Å². The summed E-state index contributed by atoms with van der Waals surface area (Å²) in [6.45, 7) is 4.20. The third-order valence-corrected chi connectivity index (χ3v) is 1.97. The summed E-state index contributed by atoms with van der Waals surface area (Å²) in [7, 11) is -1.23. The lowest BCUT2D eigenvalue weighted by Gasteiger charge is -2.11. The molecule has 0 amide bonds. The standard InChI is InChI=1S/C7H13BO2/c1-7(2)4-3-6(5-7)8(9)10/h5,9-10H,3-4H2,1-2H3. The second-order valence-corrected chi connectivity index (χ2v) is 3.58. The Morgan fingerprint density at radius 3 is 2.30 bits per heavy atom. The molecule has 0 saturated carbocycles. The van der Waals surface area contributed by atoms with E-state index in [0.717, 1.165) is 18.3 Å². The van der Waals surface area contributed by atoms with Crippen LogP contribution in [0.25, 0.3) is 0 Å². The number of hydrogen-bond acceptors (Lipinski definition) is 2. The van der Waals surface area contributed by atoms with E-state index in [-0.39, 0.29) is 5.41 Å². The minimum Gasteiger partial charge on any atom is -0.423 e. The van der Waals surface area contributed by atoms with Gasteiger partial charge in [-0.25, -0.2) is 0 Å². The summed E-state index contributed by atoms with van der Waals surface area (Å²) in [6.07, 6.45) is 3.81. The molecule has 0 aromatic rings. The molecule has 1 aliphatic carbocycles. The van der Waals surface area contributed by atoms with Crippen molar-refractivity contribution in [2.45, 2.75) is 26.7 Å². The van der Waals surface area contributed by atoms with Crippen molar-refractivity contribution in [2.75, 3.05) is 0 Å². The van der Waals surface area contributed by atoms with Crippen LogP contribution >= 0.6 is 0 Å². The van der Waals surface area contributed by atoms with Gasteiger partial charge in [0.2, 0.25) is 0 Å². The average molecular weight is 140 g/mol. The van der Waals surface area contributed by atoms with Gasteiger partial charge in [-0.3, -0.25) is 0 Å². The molecule has 1 aliphatic rings. The zero-order valence-electron chi connectivity index (χ0n) is 6.46. The molecule has 2 nitrogen and oxygen atoms in total. The third-order valence-electron chi connectivity index (χ3n) is 1.97. The van der Waals surface area contributed by atoms with Crippen LogP contribution in [0.5, 0.6) is 0 Å². The molecule has 0 atom stereocenters. The molecule has 1 rings (SSSR count). The quantitative estimate of drug-likeness (QED) is 0.527. The molecule has 0 saturated heterocycles. The van der Waals surface area contributed by atoms with Crippen LogP contribution in [-0.4, -0.2) is 17.2 Å². The summed E-state index contributed by atoms with van der Waals surface area (Å²) >= 11 is 0. The lowest BCUT2D eigenvalue weighted by molar-refractivity contribution is 0.417. The van der Waals surface area contributed by atoms with Gasteiger partial charge in [0.1, 0.15) is 0 Å². The topological polar surface area (TPSA) is 40.5 Å². The molecule has 0 unspecified atom stereocenters. The summed E-state index contributed by atoms with van der Waals surface area (Å²) < 4.78 is 0. The van der Waals surface area contributed by atoms with Crippen LogP contribution in [0.1, 0.15) is 26.7 Å². The van der Waals surface area contributed by atoms with Gasteiger partial charge >= 0.3 is 7.12 Å². The zero-order chi connectivity index (χ0) is 7.78. The van der Waals surface area contributed by atoms with Crippen LogP contribution in [0, 0.1) is 5.41 Å². The third kappa shape index (κ3) is 1.61. The number of allylic oxidation sites excluding steroid dienone is 2. The van der Waals surface area contributed by atoms with Gasteiger partial charge < -0.3 is 10.0 Å². The van der Waals surface area contributed by atoms with Crippen molar-refractivity contribution < 1.29 is 10.0 Å². The predicted molar refractivity (Wildman–Crippen MR) is 41.3 cm³/mol. The maximum atomic E-state index is 8.77. The van der Waals surface area contributed by atoms with Crippen molar-refractivity contribution in [2.24, 2.45) is 5.41 Å². The van der Waals surface area contributed by atoms with Crippen LogP contribution in [0.3, 0.4) is 0 Å². The first-order valence-electron chi connectivity index (χ1n) is 3.59. The van der Waals surface area contributed by atoms with Gasteiger partial charge in [0.25, 0.3) is 0 Å². The SMILES string of the molecule is CC1(C)C=C(B(O)O)CC1. The van der Waals surface area contributed by atoms with Crippen molar-refractivity contribution in [1.82, 2.24) is 0 Å². The van der Waals surface area contributed by atoms with Crippen LogP contribution in [0.15, 0.2) is 11.5 Å². The number of rotatable bonds is 1. The first kappa shape index (κ1) is 7.83. The Morgan fingerprint density at radius 2 is 2.10 bits per heavy atom. The Balaban J connectivity index is 2.66. The molecule has 0 heterocycles. The van der Waals surface area contributed by atoms with Gasteiger partial charge in [0.05, 0.1) is 0 Å². The molecule has 3 heteroatoms. The fourth-order valence-electron chi connectivity index (χ4n) is 1.32. The lowest BCUT2D eigenvalue weighted by Crippen LogP contribution is -2.13. The molecule has 0 bridgehead atoms. The normalized spacial score (nSPS) is 22.6. The second-order valence-electron chi connectivity index (χ2n) is 3.58. The largest absolute Gasteiger partial charge is 0.483 e. The molecule has 10 heavy (non-hydrogen) atoms. The molecular weight excluding hydrogens is 127 g/mol. The van der Waals surface area contributed by atoms with E-state index in [9.17, 15) is 0 Å². The van der Waals surface area contributed by atoms with Crippen molar-refractivity contribution in [3.8, 4) is 0 Å². The van der Waals surface area contributed by atoms with E-state index in [1.807, 2.05) is 6.08 Å². The fraction of sp³-hybridized carbons (Fsp3) is 0.714. The van der Waals surface area contributed by atoms with Crippen LogP contribution in [-0.2, 0) is 0 Å². The van der Waals surface area contributed by atoms with Crippen molar-refractivity contribution in [3.05, 3.63) is 11.5 Å². The summed E-state index contributed by atoms with van der Waals surface area (Å²) in [6, 6.07) is 0. The molecule has 56 valence electrons. The van der Waals surface area contributed by atoms with E-state index in [4.69, 9.17) is 10.0 Å². The van der Waals surface area contributed by atoms with Gasteiger partial charge in [0, 0.05) is 0 Å². The fourth-order valence-corrected chi connectivity index (χ4v) is 1.32. The zero-order valence-corrected chi connectivity index (χ0v) is 6.46. The second kappa shape index (κ2) is 2.40. The Kier molecular flexibility index (Phi) is 1.88. The maximum Gasteiger partial charge on any atom is 0.483 e. The Bertz CT molecular complexity index is 161. The molecule has 0 aromatic heterocycles. The van der Waals surface area contributed by atoms with E-state index in [1.54, 1.807) is 0 Å². The summed E-state index contributed by atoms with van der Waals surface area (Å²) in [5, 5.41) is 17.5. The Hall–Kier alpha value is -0.275. The average Bonchev–Trinajstić information content (AvgIpc) is 2.10. The van der Waals surface area contributed by atoms with E-state index >= 15 is 0 Å². The predicted octanol–water partition coefficient (Wildman–Crippen LogP) is 0.745. The molecule has 0 spiro atoms. The molecular formula is C7H13BO2. The summed E-state index contributed by atoms with van der Waals surface area (Å²) in [4.78, 5) is 0. The van der Waals surface area contributed by atoms with Crippen molar-refractivity contribution in [3.63, 3.8) is 0 Å². The van der Waals surface area contributed by atoms with Crippen LogP contribution < -0.4 is 0 Å². The van der Waals surface area contributed by atoms with Gasteiger partial charge in [-0.05, 0) is 23.7 Å². The highest BCUT2D eigenvalue weighted by atomic mass is 16.4. The smallest absolute Gasteiger partial charge is 0.423 e. The van der Waals surface area contributed by atoms with E-state index in [1.165, 1.54) is 0 Å². The molecule has 0 aliphatic heterocycles. The highest BCUT2D eigenvalue weighted by Crippen LogP contribution is 2.34. The maximum absolute atomic E-state index is 8.77. The Labute approximate surface area is 61.7 Å². The first-order valence-corrected chi connectivity index (χ1v) is 3.59. The number of hydrogen-bond donors (Lipinski definition) is 2. The van der Waals surface area contributed by atoms with Gasteiger partial charge in [-0.15, -0.1) is 0 Å². The lowest BCUT2D eigenvalue weighted by atomic mass is 9.79. The van der Waals surface area contributed by atoms with E-state index in [0.29, 0.717) is 0 Å². The van der Waals surface area contributed by atoms with E-state index in [2.05, 4.69) is 13.8 Å². The van der Waals surface area contributed by atoms with E-state index < -0.39 is 7.12 Å². The highest BCUT2D eigenvalue weighted by Gasteiger charge is 2.27. The van der Waals surface area contributed by atoms with Gasteiger partial charge in [0.15, 0.2) is 0 Å². The van der Waals surface area contributed by atoms with Gasteiger partial charge in [-0.2, -0.15) is 0 Å². The minimum atomic E-state index is -1.23. The molecule has 0 aromatic carbocycles. The highest BCUT2D eigenvalue weighted by molar-refractivity contribution is 6.50. The minimum absolute atomic E-state index is 0.166. The summed E-state index contributed by atoms with van der Waals surface area (Å²) in [5.41, 5.74) is 0.934. The molecule has 0 radical (unpaired) electrons. The monoisotopic (exact) mass is 140 g/mol. The van der Waals surface area contributed by atoms with Crippen molar-refractivity contribution >= 4 is 7.12 Å². The van der Waals surface area contributed by atoms with Crippen molar-refractivity contribution in [1.29, 1.82) is 0 Å². The Morgan fingerprint density at radius 1 is 1.50 bits per heavy atom. The molecule has 2 N–H and O–H groups in total. The van der Waals surface area contributed by atoms with Gasteiger partial charge in [-0.1, -0.05) is 19.9 Å². The van der Waals surface area contributed by atoms with Crippen LogP contribution in [0.4, 0.5) is 0 Å².